The fourth-order valence-corrected chi connectivity index (χ4v) is 3.44. The number of carbonyl (C=O) groups is 1. The lowest BCUT2D eigenvalue weighted by Gasteiger charge is -2.24. The van der Waals surface area contributed by atoms with Crippen LogP contribution < -0.4 is 4.90 Å². The number of aryl methyl sites for hydroxylation is 1. The van der Waals surface area contributed by atoms with E-state index in [1.54, 1.807) is 10.9 Å². The van der Waals surface area contributed by atoms with Crippen molar-refractivity contribution >= 4 is 34.5 Å². The Balaban J connectivity index is 2.18. The molecule has 2 aromatic rings. The lowest BCUT2D eigenvalue weighted by Crippen LogP contribution is -2.27. The van der Waals surface area contributed by atoms with Crippen molar-refractivity contribution in [3.8, 4) is 0 Å². The molecule has 0 spiro atoms. The Hall–Kier alpha value is -1.76. The first kappa shape index (κ1) is 13.2. The normalized spacial score (nSPS) is 16.4. The SMILES string of the molecule is Cn1ncc2c(N3CCCSCC3)c(C(=O)O)cnc21. The number of carboxylic acid groups (broad SMARTS) is 1. The zero-order valence-corrected chi connectivity index (χ0v) is 12.1. The summed E-state index contributed by atoms with van der Waals surface area (Å²) in [6, 6.07) is 0. The first-order chi connectivity index (χ1) is 9.68. The fourth-order valence-electron chi connectivity index (χ4n) is 2.55. The summed E-state index contributed by atoms with van der Waals surface area (Å²) in [5.74, 6) is 1.21. The van der Waals surface area contributed by atoms with Crippen molar-refractivity contribution in [3.05, 3.63) is 18.0 Å². The summed E-state index contributed by atoms with van der Waals surface area (Å²) < 4.78 is 1.68. The Labute approximate surface area is 120 Å². The quantitative estimate of drug-likeness (QED) is 0.906. The maximum absolute atomic E-state index is 11.5. The summed E-state index contributed by atoms with van der Waals surface area (Å²) in [4.78, 5) is 17.9. The van der Waals surface area contributed by atoms with E-state index in [9.17, 15) is 9.90 Å². The Bertz CT molecular complexity index is 647. The first-order valence-corrected chi connectivity index (χ1v) is 7.70. The minimum Gasteiger partial charge on any atom is -0.478 e. The molecule has 20 heavy (non-hydrogen) atoms. The van der Waals surface area contributed by atoms with Crippen molar-refractivity contribution in [1.82, 2.24) is 14.8 Å². The standard InChI is InChI=1S/C13H16N4O2S/c1-16-12-9(8-15-16)11(10(7-14-12)13(18)19)17-3-2-5-20-6-4-17/h7-8H,2-6H2,1H3,(H,18,19). The minimum absolute atomic E-state index is 0.261. The maximum Gasteiger partial charge on any atom is 0.339 e. The van der Waals surface area contributed by atoms with Crippen LogP contribution in [0.1, 0.15) is 16.8 Å². The van der Waals surface area contributed by atoms with Crippen LogP contribution in [0.5, 0.6) is 0 Å². The molecule has 0 amide bonds. The molecular formula is C13H16N4O2S. The number of fused-ring (bicyclic) bond motifs is 1. The van der Waals surface area contributed by atoms with Gasteiger partial charge in [-0.2, -0.15) is 16.9 Å². The van der Waals surface area contributed by atoms with Gasteiger partial charge in [0.1, 0.15) is 5.56 Å². The summed E-state index contributed by atoms with van der Waals surface area (Å²) in [7, 11) is 1.82. The average Bonchev–Trinajstić information content (AvgIpc) is 2.66. The van der Waals surface area contributed by atoms with Gasteiger partial charge in [-0.3, -0.25) is 4.68 Å². The van der Waals surface area contributed by atoms with E-state index in [1.165, 1.54) is 6.20 Å². The van der Waals surface area contributed by atoms with Gasteiger partial charge in [0, 0.05) is 32.1 Å². The van der Waals surface area contributed by atoms with Gasteiger partial charge in [-0.05, 0) is 12.2 Å². The van der Waals surface area contributed by atoms with Gasteiger partial charge in [-0.15, -0.1) is 0 Å². The van der Waals surface area contributed by atoms with Gasteiger partial charge in [0.05, 0.1) is 17.3 Å². The fraction of sp³-hybridized carbons (Fsp3) is 0.462. The van der Waals surface area contributed by atoms with E-state index in [1.807, 2.05) is 18.8 Å². The summed E-state index contributed by atoms with van der Waals surface area (Å²) >= 11 is 1.91. The van der Waals surface area contributed by atoms with Gasteiger partial charge >= 0.3 is 5.97 Å². The van der Waals surface area contributed by atoms with Crippen LogP contribution in [-0.4, -0.2) is 50.4 Å². The predicted molar refractivity (Wildman–Crippen MR) is 79.6 cm³/mol. The zero-order chi connectivity index (χ0) is 14.1. The second-order valence-electron chi connectivity index (χ2n) is 4.78. The molecule has 3 rings (SSSR count). The van der Waals surface area contributed by atoms with Crippen LogP contribution in [0, 0.1) is 0 Å². The number of aromatic nitrogens is 3. The molecule has 0 aromatic carbocycles. The molecule has 1 aliphatic heterocycles. The highest BCUT2D eigenvalue weighted by Gasteiger charge is 2.22. The van der Waals surface area contributed by atoms with Crippen LogP contribution in [0.15, 0.2) is 12.4 Å². The number of thioether (sulfide) groups is 1. The average molecular weight is 292 g/mol. The molecule has 1 N–H and O–H groups in total. The number of nitrogens with zero attached hydrogens (tertiary/aromatic N) is 4. The van der Waals surface area contributed by atoms with Crippen LogP contribution >= 0.6 is 11.8 Å². The van der Waals surface area contributed by atoms with Crippen LogP contribution in [0.25, 0.3) is 11.0 Å². The van der Waals surface area contributed by atoms with E-state index in [4.69, 9.17) is 0 Å². The number of pyridine rings is 1. The second kappa shape index (κ2) is 5.32. The molecule has 1 fully saturated rings. The molecular weight excluding hydrogens is 276 g/mol. The third-order valence-corrected chi connectivity index (χ3v) is 4.55. The van der Waals surface area contributed by atoms with Crippen LogP contribution in [-0.2, 0) is 7.05 Å². The molecule has 0 aliphatic carbocycles. The van der Waals surface area contributed by atoms with Gasteiger partial charge in [-0.25, -0.2) is 9.78 Å². The largest absolute Gasteiger partial charge is 0.478 e. The van der Waals surface area contributed by atoms with Gasteiger partial charge < -0.3 is 10.0 Å². The molecule has 7 heteroatoms. The molecule has 3 heterocycles. The summed E-state index contributed by atoms with van der Waals surface area (Å²) in [5.41, 5.74) is 1.75. The molecule has 0 radical (unpaired) electrons. The Kier molecular flexibility index (Phi) is 3.52. The third kappa shape index (κ3) is 2.22. The highest BCUT2D eigenvalue weighted by molar-refractivity contribution is 7.99. The first-order valence-electron chi connectivity index (χ1n) is 6.55. The molecule has 1 saturated heterocycles. The maximum atomic E-state index is 11.5. The van der Waals surface area contributed by atoms with Gasteiger partial charge in [0.15, 0.2) is 5.65 Å². The Morgan fingerprint density at radius 1 is 1.35 bits per heavy atom. The number of hydrogen-bond acceptors (Lipinski definition) is 5. The molecule has 0 unspecified atom stereocenters. The Morgan fingerprint density at radius 3 is 3.00 bits per heavy atom. The van der Waals surface area contributed by atoms with Crippen molar-refractivity contribution in [3.63, 3.8) is 0 Å². The molecule has 2 aromatic heterocycles. The molecule has 0 atom stereocenters. The summed E-state index contributed by atoms with van der Waals surface area (Å²) in [6.45, 7) is 1.74. The zero-order valence-electron chi connectivity index (χ0n) is 11.2. The van der Waals surface area contributed by atoms with Crippen molar-refractivity contribution in [2.45, 2.75) is 6.42 Å². The van der Waals surface area contributed by atoms with Gasteiger partial charge in [-0.1, -0.05) is 0 Å². The number of anilines is 1. The lowest BCUT2D eigenvalue weighted by molar-refractivity contribution is 0.0697. The van der Waals surface area contributed by atoms with Crippen LogP contribution in [0.2, 0.25) is 0 Å². The summed E-state index contributed by atoms with van der Waals surface area (Å²) in [6.07, 6.45) is 4.22. The number of hydrogen-bond donors (Lipinski definition) is 1. The topological polar surface area (TPSA) is 71.2 Å². The summed E-state index contributed by atoms with van der Waals surface area (Å²) in [5, 5.41) is 14.5. The smallest absolute Gasteiger partial charge is 0.339 e. The highest BCUT2D eigenvalue weighted by Crippen LogP contribution is 2.30. The molecule has 1 aliphatic rings. The highest BCUT2D eigenvalue weighted by atomic mass is 32.2. The number of aromatic carboxylic acids is 1. The number of carboxylic acids is 1. The van der Waals surface area contributed by atoms with E-state index in [0.717, 1.165) is 47.7 Å². The van der Waals surface area contributed by atoms with Crippen LogP contribution in [0.3, 0.4) is 0 Å². The molecule has 0 bridgehead atoms. The van der Waals surface area contributed by atoms with Crippen molar-refractivity contribution < 1.29 is 9.90 Å². The van der Waals surface area contributed by atoms with Crippen molar-refractivity contribution in [1.29, 1.82) is 0 Å². The second-order valence-corrected chi connectivity index (χ2v) is 6.01. The van der Waals surface area contributed by atoms with Crippen molar-refractivity contribution in [2.24, 2.45) is 7.05 Å². The monoisotopic (exact) mass is 292 g/mol. The third-order valence-electron chi connectivity index (χ3n) is 3.50. The molecule has 0 saturated carbocycles. The lowest BCUT2D eigenvalue weighted by atomic mass is 10.1. The van der Waals surface area contributed by atoms with Crippen molar-refractivity contribution in [2.75, 3.05) is 29.5 Å². The predicted octanol–water partition coefficient (Wildman–Crippen LogP) is 1.61. The van der Waals surface area contributed by atoms with Gasteiger partial charge in [0.2, 0.25) is 0 Å². The van der Waals surface area contributed by atoms with E-state index in [0.29, 0.717) is 0 Å². The van der Waals surface area contributed by atoms with Gasteiger partial charge in [0.25, 0.3) is 0 Å². The van der Waals surface area contributed by atoms with E-state index in [2.05, 4.69) is 15.0 Å². The Morgan fingerprint density at radius 2 is 2.20 bits per heavy atom. The van der Waals surface area contributed by atoms with Crippen LogP contribution in [0.4, 0.5) is 5.69 Å². The molecule has 106 valence electrons. The van der Waals surface area contributed by atoms with E-state index >= 15 is 0 Å². The minimum atomic E-state index is -0.935. The molecule has 6 nitrogen and oxygen atoms in total. The van der Waals surface area contributed by atoms with E-state index in [-0.39, 0.29) is 5.56 Å². The van der Waals surface area contributed by atoms with E-state index < -0.39 is 5.97 Å². The number of rotatable bonds is 2.